The van der Waals surface area contributed by atoms with E-state index in [1.807, 2.05) is 11.3 Å². The Labute approximate surface area is 63.3 Å². The third kappa shape index (κ3) is 1.73. The first-order chi connectivity index (χ1) is 4.20. The minimum atomic E-state index is 0.460. The summed E-state index contributed by atoms with van der Waals surface area (Å²) >= 11 is 1.91. The molecule has 0 N–H and O–H groups in total. The number of hydrogen-bond acceptors (Lipinski definition) is 1. The molecule has 0 unspecified atom stereocenters. The molecule has 0 aliphatic rings. The summed E-state index contributed by atoms with van der Waals surface area (Å²) in [5.41, 5.74) is 0. The zero-order chi connectivity index (χ0) is 6.85. The highest BCUT2D eigenvalue weighted by atomic mass is 32.2. The lowest BCUT2D eigenvalue weighted by atomic mass is 10.5. The van der Waals surface area contributed by atoms with Crippen molar-refractivity contribution < 1.29 is 0 Å². The van der Waals surface area contributed by atoms with E-state index >= 15 is 0 Å². The van der Waals surface area contributed by atoms with Crippen LogP contribution in [0.3, 0.4) is 0 Å². The number of thiophene rings is 1. The Bertz CT molecular complexity index is 189. The van der Waals surface area contributed by atoms with Gasteiger partial charge >= 0.3 is 0 Å². The molecule has 0 saturated heterocycles. The average molecular weight is 159 g/mol. The minimum Gasteiger partial charge on any atom is -0.0913 e. The first kappa shape index (κ1) is 7.16. The Balaban J connectivity index is 2.85. The van der Waals surface area contributed by atoms with Crippen LogP contribution in [0.25, 0.3) is 0 Å². The van der Waals surface area contributed by atoms with Crippen molar-refractivity contribution in [3.05, 3.63) is 17.0 Å². The summed E-state index contributed by atoms with van der Waals surface area (Å²) in [5.74, 6) is 0. The summed E-state index contributed by atoms with van der Waals surface area (Å²) in [6.07, 6.45) is 4.51. The van der Waals surface area contributed by atoms with Crippen LogP contribution in [0.5, 0.6) is 0 Å². The van der Waals surface area contributed by atoms with E-state index < -0.39 is 0 Å². The van der Waals surface area contributed by atoms with Crippen LogP contribution in [0.2, 0.25) is 0 Å². The lowest BCUT2D eigenvalue weighted by molar-refractivity contribution is 1.63. The van der Waals surface area contributed by atoms with E-state index in [-0.39, 0.29) is 0 Å². The first-order valence-corrected chi connectivity index (χ1v) is 5.70. The van der Waals surface area contributed by atoms with Gasteiger partial charge in [-0.3, -0.25) is 0 Å². The van der Waals surface area contributed by atoms with Crippen LogP contribution in [0.15, 0.2) is 16.3 Å². The number of aryl methyl sites for hydroxylation is 1. The minimum absolute atomic E-state index is 0.460. The highest BCUT2D eigenvalue weighted by Crippen LogP contribution is 2.19. The number of rotatable bonds is 1. The fourth-order valence-corrected chi connectivity index (χ4v) is 2.62. The van der Waals surface area contributed by atoms with Crippen molar-refractivity contribution >= 4 is 22.2 Å². The SMILES string of the molecule is Cc1ccc([S+](C)C)s1. The van der Waals surface area contributed by atoms with Crippen molar-refractivity contribution in [1.82, 2.24) is 0 Å². The molecule has 0 radical (unpaired) electrons. The van der Waals surface area contributed by atoms with Crippen LogP contribution in [0, 0.1) is 6.92 Å². The second-order valence-corrected chi connectivity index (χ2v) is 5.80. The molecule has 0 aliphatic carbocycles. The fourth-order valence-electron chi connectivity index (χ4n) is 0.632. The average Bonchev–Trinajstić information content (AvgIpc) is 2.14. The number of hydrogen-bond donors (Lipinski definition) is 0. The Morgan fingerprint density at radius 3 is 2.22 bits per heavy atom. The van der Waals surface area contributed by atoms with E-state index in [0.717, 1.165) is 0 Å². The van der Waals surface area contributed by atoms with E-state index in [2.05, 4.69) is 31.6 Å². The molecule has 50 valence electrons. The summed E-state index contributed by atoms with van der Waals surface area (Å²) < 4.78 is 1.52. The quantitative estimate of drug-likeness (QED) is 0.552. The van der Waals surface area contributed by atoms with Crippen LogP contribution < -0.4 is 0 Å². The topological polar surface area (TPSA) is 0 Å². The van der Waals surface area contributed by atoms with Gasteiger partial charge in [0.1, 0.15) is 12.5 Å². The molecule has 0 fully saturated rings. The Kier molecular flexibility index (Phi) is 2.19. The van der Waals surface area contributed by atoms with Gasteiger partial charge in [-0.1, -0.05) is 11.3 Å². The molecule has 1 rings (SSSR count). The lowest BCUT2D eigenvalue weighted by Gasteiger charge is -1.85. The van der Waals surface area contributed by atoms with Gasteiger partial charge in [0.05, 0.1) is 0 Å². The summed E-state index contributed by atoms with van der Waals surface area (Å²) in [5, 5.41) is 0. The summed E-state index contributed by atoms with van der Waals surface area (Å²) in [6.45, 7) is 2.15. The molecule has 1 aromatic heterocycles. The van der Waals surface area contributed by atoms with Crippen molar-refractivity contribution in [3.63, 3.8) is 0 Å². The molecular formula is C7H11S2+. The molecule has 0 bridgehead atoms. The Morgan fingerprint density at radius 2 is 2.00 bits per heavy atom. The van der Waals surface area contributed by atoms with E-state index in [1.165, 1.54) is 9.09 Å². The normalized spacial score (nSPS) is 10.7. The van der Waals surface area contributed by atoms with Crippen LogP contribution >= 0.6 is 11.3 Å². The van der Waals surface area contributed by atoms with Gasteiger partial charge in [-0.2, -0.15) is 0 Å². The van der Waals surface area contributed by atoms with Gasteiger partial charge in [-0.15, -0.1) is 0 Å². The van der Waals surface area contributed by atoms with Crippen LogP contribution in [-0.2, 0) is 10.9 Å². The lowest BCUT2D eigenvalue weighted by Crippen LogP contribution is -1.89. The summed E-state index contributed by atoms with van der Waals surface area (Å²) in [7, 11) is 0.460. The zero-order valence-corrected chi connectivity index (χ0v) is 7.60. The van der Waals surface area contributed by atoms with E-state index in [4.69, 9.17) is 0 Å². The van der Waals surface area contributed by atoms with Crippen molar-refractivity contribution in [2.24, 2.45) is 0 Å². The Morgan fingerprint density at radius 1 is 1.33 bits per heavy atom. The molecule has 0 aromatic carbocycles. The molecule has 9 heavy (non-hydrogen) atoms. The van der Waals surface area contributed by atoms with Gasteiger partial charge < -0.3 is 0 Å². The predicted octanol–water partition coefficient (Wildman–Crippen LogP) is 2.29. The maximum Gasteiger partial charge on any atom is 0.208 e. The molecule has 0 spiro atoms. The smallest absolute Gasteiger partial charge is 0.0913 e. The van der Waals surface area contributed by atoms with E-state index in [9.17, 15) is 0 Å². The monoisotopic (exact) mass is 159 g/mol. The van der Waals surface area contributed by atoms with Crippen molar-refractivity contribution in [1.29, 1.82) is 0 Å². The molecule has 2 heteroatoms. The summed E-state index contributed by atoms with van der Waals surface area (Å²) in [6, 6.07) is 4.41. The largest absolute Gasteiger partial charge is 0.208 e. The second-order valence-electron chi connectivity index (χ2n) is 2.18. The maximum absolute atomic E-state index is 2.26. The van der Waals surface area contributed by atoms with Crippen molar-refractivity contribution in [2.75, 3.05) is 12.5 Å². The van der Waals surface area contributed by atoms with E-state index in [1.54, 1.807) is 0 Å². The first-order valence-electron chi connectivity index (χ1n) is 2.84. The predicted molar refractivity (Wildman–Crippen MR) is 46.5 cm³/mol. The van der Waals surface area contributed by atoms with Crippen LogP contribution in [0.4, 0.5) is 0 Å². The zero-order valence-electron chi connectivity index (χ0n) is 5.97. The molecule has 0 nitrogen and oxygen atoms in total. The molecule has 0 atom stereocenters. The maximum atomic E-state index is 2.26. The van der Waals surface area contributed by atoms with Gasteiger partial charge in [0, 0.05) is 21.8 Å². The third-order valence-electron chi connectivity index (χ3n) is 1.12. The van der Waals surface area contributed by atoms with Gasteiger partial charge in [0.2, 0.25) is 4.21 Å². The third-order valence-corrected chi connectivity index (χ3v) is 4.10. The van der Waals surface area contributed by atoms with Crippen molar-refractivity contribution in [3.8, 4) is 0 Å². The van der Waals surface area contributed by atoms with Gasteiger partial charge in [0.15, 0.2) is 0 Å². The molecule has 1 aromatic rings. The van der Waals surface area contributed by atoms with Crippen LogP contribution in [0.1, 0.15) is 4.88 Å². The van der Waals surface area contributed by atoms with Gasteiger partial charge in [-0.25, -0.2) is 0 Å². The molecule has 0 amide bonds. The molecule has 1 heterocycles. The van der Waals surface area contributed by atoms with Crippen molar-refractivity contribution in [2.45, 2.75) is 11.1 Å². The van der Waals surface area contributed by atoms with E-state index in [0.29, 0.717) is 10.9 Å². The van der Waals surface area contributed by atoms with Crippen LogP contribution in [-0.4, -0.2) is 12.5 Å². The molecular weight excluding hydrogens is 148 g/mol. The Hall–Kier alpha value is 0.0500. The highest BCUT2D eigenvalue weighted by molar-refractivity contribution is 7.97. The standard InChI is InChI=1S/C7H11S2/c1-6-4-5-7(8-6)9(2)3/h4-5H,1-3H3/q+1. The second kappa shape index (κ2) is 2.76. The molecule has 0 aliphatic heterocycles. The summed E-state index contributed by atoms with van der Waals surface area (Å²) in [4.78, 5) is 1.42. The fraction of sp³-hybridized carbons (Fsp3) is 0.429. The van der Waals surface area contributed by atoms with Gasteiger partial charge in [0.25, 0.3) is 0 Å². The molecule has 0 saturated carbocycles. The highest BCUT2D eigenvalue weighted by Gasteiger charge is 2.08. The van der Waals surface area contributed by atoms with Gasteiger partial charge in [-0.05, 0) is 13.0 Å².